The Kier molecular flexibility index (Phi) is 3.90. The highest BCUT2D eigenvalue weighted by atomic mass is 16.5. The second-order valence-corrected chi connectivity index (χ2v) is 3.54. The average Bonchev–Trinajstić information content (AvgIpc) is 2.29. The number of amides is 1. The van der Waals surface area contributed by atoms with Crippen LogP contribution in [0.15, 0.2) is 12.1 Å². The summed E-state index contributed by atoms with van der Waals surface area (Å²) in [6.07, 6.45) is 0. The second kappa shape index (κ2) is 5.17. The van der Waals surface area contributed by atoms with E-state index in [9.17, 15) is 4.79 Å². The van der Waals surface area contributed by atoms with Gasteiger partial charge in [-0.15, -0.1) is 0 Å². The van der Waals surface area contributed by atoms with Crippen molar-refractivity contribution >= 4 is 5.91 Å². The van der Waals surface area contributed by atoms with Crippen molar-refractivity contribution in [2.24, 2.45) is 0 Å². The summed E-state index contributed by atoms with van der Waals surface area (Å²) in [6, 6.07) is 5.39. The quantitative estimate of drug-likeness (QED) is 0.781. The molecule has 0 atom stereocenters. The van der Waals surface area contributed by atoms with Gasteiger partial charge < -0.3 is 10.1 Å². The van der Waals surface area contributed by atoms with E-state index in [-0.39, 0.29) is 0 Å². The fourth-order valence-electron chi connectivity index (χ4n) is 1.47. The highest BCUT2D eigenvalue weighted by Crippen LogP contribution is 2.22. The van der Waals surface area contributed by atoms with E-state index in [0.717, 1.165) is 22.4 Å². The average molecular weight is 218 g/mol. The van der Waals surface area contributed by atoms with Crippen molar-refractivity contribution in [2.45, 2.75) is 20.4 Å². The molecule has 0 aliphatic carbocycles. The molecule has 0 saturated heterocycles. The van der Waals surface area contributed by atoms with Gasteiger partial charge in [0.15, 0.2) is 6.07 Å². The molecule has 0 bridgehead atoms. The van der Waals surface area contributed by atoms with Gasteiger partial charge in [-0.2, -0.15) is 5.26 Å². The van der Waals surface area contributed by atoms with Crippen molar-refractivity contribution in [1.82, 2.24) is 5.32 Å². The summed E-state index contributed by atoms with van der Waals surface area (Å²) in [5, 5.41) is 10.9. The molecule has 84 valence electrons. The molecule has 0 aliphatic heterocycles. The molecule has 0 aromatic heterocycles. The van der Waals surface area contributed by atoms with Gasteiger partial charge in [0.2, 0.25) is 0 Å². The topological polar surface area (TPSA) is 62.1 Å². The normalized spacial score (nSPS) is 9.38. The largest absolute Gasteiger partial charge is 0.496 e. The number of nitriles is 1. The van der Waals surface area contributed by atoms with Crippen molar-refractivity contribution in [3.8, 4) is 11.8 Å². The van der Waals surface area contributed by atoms with E-state index in [1.54, 1.807) is 7.11 Å². The molecule has 0 spiro atoms. The SMILES string of the molecule is COc1cc(C)c(CNC(=O)C#N)cc1C. The molecule has 1 amide bonds. The Morgan fingerprint density at radius 1 is 1.44 bits per heavy atom. The maximum atomic E-state index is 10.8. The van der Waals surface area contributed by atoms with Crippen LogP contribution in [0.4, 0.5) is 0 Å². The molecule has 4 heteroatoms. The van der Waals surface area contributed by atoms with Crippen LogP contribution in [0.1, 0.15) is 16.7 Å². The smallest absolute Gasteiger partial charge is 0.322 e. The molecule has 4 nitrogen and oxygen atoms in total. The second-order valence-electron chi connectivity index (χ2n) is 3.54. The lowest BCUT2D eigenvalue weighted by Gasteiger charge is -2.11. The predicted octanol–water partition coefficient (Wildman–Crippen LogP) is 1.45. The van der Waals surface area contributed by atoms with Gasteiger partial charge in [0, 0.05) is 6.54 Å². The molecule has 16 heavy (non-hydrogen) atoms. The monoisotopic (exact) mass is 218 g/mol. The first kappa shape index (κ1) is 12.1. The van der Waals surface area contributed by atoms with E-state index in [0.29, 0.717) is 6.54 Å². The maximum absolute atomic E-state index is 10.8. The Balaban J connectivity index is 2.86. The Morgan fingerprint density at radius 3 is 2.69 bits per heavy atom. The molecular weight excluding hydrogens is 204 g/mol. The minimum absolute atomic E-state index is 0.364. The zero-order valence-corrected chi connectivity index (χ0v) is 9.63. The third kappa shape index (κ3) is 2.74. The summed E-state index contributed by atoms with van der Waals surface area (Å²) in [7, 11) is 1.62. The number of nitrogens with one attached hydrogen (secondary N) is 1. The van der Waals surface area contributed by atoms with Crippen LogP contribution >= 0.6 is 0 Å². The fourth-order valence-corrected chi connectivity index (χ4v) is 1.47. The van der Waals surface area contributed by atoms with Gasteiger partial charge in [-0.3, -0.25) is 4.79 Å². The van der Waals surface area contributed by atoms with Crippen LogP contribution in [-0.2, 0) is 11.3 Å². The first-order valence-electron chi connectivity index (χ1n) is 4.90. The number of methoxy groups -OCH3 is 1. The number of carbonyl (C=O) groups is 1. The minimum atomic E-state index is -0.618. The summed E-state index contributed by atoms with van der Waals surface area (Å²) in [4.78, 5) is 10.8. The molecule has 0 heterocycles. The van der Waals surface area contributed by atoms with E-state index in [2.05, 4.69) is 5.32 Å². The van der Waals surface area contributed by atoms with Crippen molar-refractivity contribution < 1.29 is 9.53 Å². The van der Waals surface area contributed by atoms with Gasteiger partial charge in [0.1, 0.15) is 5.75 Å². The van der Waals surface area contributed by atoms with E-state index in [4.69, 9.17) is 10.00 Å². The molecule has 0 saturated carbocycles. The lowest BCUT2D eigenvalue weighted by molar-refractivity contribution is -0.116. The zero-order valence-electron chi connectivity index (χ0n) is 9.63. The number of hydrogen-bond donors (Lipinski definition) is 1. The van der Waals surface area contributed by atoms with E-state index >= 15 is 0 Å². The Hall–Kier alpha value is -2.02. The van der Waals surface area contributed by atoms with Crippen LogP contribution in [0, 0.1) is 25.2 Å². The summed E-state index contributed by atoms with van der Waals surface area (Å²) in [5.41, 5.74) is 3.02. The van der Waals surface area contributed by atoms with E-state index < -0.39 is 5.91 Å². The number of carbonyl (C=O) groups excluding carboxylic acids is 1. The summed E-state index contributed by atoms with van der Waals surface area (Å²) in [5.74, 6) is 0.209. The molecule has 1 aromatic carbocycles. The number of nitrogens with zero attached hydrogens (tertiary/aromatic N) is 1. The molecule has 1 N–H and O–H groups in total. The molecule has 0 radical (unpaired) electrons. The number of aryl methyl sites for hydroxylation is 2. The number of ether oxygens (including phenoxy) is 1. The summed E-state index contributed by atoms with van der Waals surface area (Å²) < 4.78 is 5.19. The number of hydrogen-bond acceptors (Lipinski definition) is 3. The lowest BCUT2D eigenvalue weighted by Crippen LogP contribution is -2.21. The summed E-state index contributed by atoms with van der Waals surface area (Å²) >= 11 is 0. The van der Waals surface area contributed by atoms with Gasteiger partial charge in [-0.1, -0.05) is 6.07 Å². The Bertz CT molecular complexity index is 447. The highest BCUT2D eigenvalue weighted by molar-refractivity contribution is 5.91. The van der Waals surface area contributed by atoms with Gasteiger partial charge in [0.05, 0.1) is 7.11 Å². The van der Waals surface area contributed by atoms with Crippen molar-refractivity contribution in [1.29, 1.82) is 5.26 Å². The molecule has 0 fully saturated rings. The minimum Gasteiger partial charge on any atom is -0.496 e. The fraction of sp³-hybridized carbons (Fsp3) is 0.333. The van der Waals surface area contributed by atoms with Crippen LogP contribution in [-0.4, -0.2) is 13.0 Å². The summed E-state index contributed by atoms with van der Waals surface area (Å²) in [6.45, 7) is 4.24. The Labute approximate surface area is 94.8 Å². The van der Waals surface area contributed by atoms with E-state index in [1.165, 1.54) is 6.07 Å². The third-order valence-electron chi connectivity index (χ3n) is 2.39. The van der Waals surface area contributed by atoms with Gasteiger partial charge in [0.25, 0.3) is 0 Å². The van der Waals surface area contributed by atoms with Crippen molar-refractivity contribution in [3.05, 3.63) is 28.8 Å². The van der Waals surface area contributed by atoms with Crippen LogP contribution < -0.4 is 10.1 Å². The standard InChI is InChI=1S/C12H14N2O2/c1-8-5-11(16-3)9(2)4-10(8)7-14-12(15)6-13/h4-5H,7H2,1-3H3,(H,14,15). The lowest BCUT2D eigenvalue weighted by atomic mass is 10.0. The van der Waals surface area contributed by atoms with Gasteiger partial charge in [-0.05, 0) is 36.6 Å². The first-order valence-corrected chi connectivity index (χ1v) is 4.90. The molecule has 0 unspecified atom stereocenters. The van der Waals surface area contributed by atoms with Gasteiger partial charge in [-0.25, -0.2) is 0 Å². The van der Waals surface area contributed by atoms with Crippen LogP contribution in [0.5, 0.6) is 5.75 Å². The van der Waals surface area contributed by atoms with Crippen LogP contribution in [0.25, 0.3) is 0 Å². The molecular formula is C12H14N2O2. The molecule has 1 aromatic rings. The Morgan fingerprint density at radius 2 is 2.12 bits per heavy atom. The molecule has 0 aliphatic rings. The van der Waals surface area contributed by atoms with Gasteiger partial charge >= 0.3 is 5.91 Å². The first-order chi connectivity index (χ1) is 7.58. The van der Waals surface area contributed by atoms with Crippen LogP contribution in [0.3, 0.4) is 0 Å². The van der Waals surface area contributed by atoms with Crippen molar-refractivity contribution in [3.63, 3.8) is 0 Å². The van der Waals surface area contributed by atoms with E-state index in [1.807, 2.05) is 26.0 Å². The molecule has 1 rings (SSSR count). The van der Waals surface area contributed by atoms with Crippen molar-refractivity contribution in [2.75, 3.05) is 7.11 Å². The zero-order chi connectivity index (χ0) is 12.1. The highest BCUT2D eigenvalue weighted by Gasteiger charge is 2.05. The third-order valence-corrected chi connectivity index (χ3v) is 2.39. The predicted molar refractivity (Wildman–Crippen MR) is 59.9 cm³/mol. The maximum Gasteiger partial charge on any atom is 0.322 e. The van der Waals surface area contributed by atoms with Crippen LogP contribution in [0.2, 0.25) is 0 Å². The number of benzene rings is 1. The number of rotatable bonds is 3.